The molecule has 1 fully saturated rings. The Morgan fingerprint density at radius 3 is 2.68 bits per heavy atom. The molecule has 31 heavy (non-hydrogen) atoms. The Balaban J connectivity index is 1.10. The number of anilines is 1. The Hall–Kier alpha value is -3.19. The smallest absolute Gasteiger partial charge is 0.275 e. The maximum Gasteiger partial charge on any atom is 0.275 e. The molecule has 1 aromatic heterocycles. The standard InChI is InChI=1S/C24H27N5O2/c30-22(25-19-9-8-17-4-3-5-18(17)16-19)10-11-28-12-14-29(15-13-28)24(31)23-20-6-1-2-7-21(20)26-27-23/h1-2,6-9,16H,3-5,10-15H2,(H,25,30)(H,26,27). The van der Waals surface area contributed by atoms with Gasteiger partial charge in [-0.25, -0.2) is 0 Å². The first-order valence-corrected chi connectivity index (χ1v) is 11.0. The van der Waals surface area contributed by atoms with Gasteiger partial charge < -0.3 is 10.2 Å². The molecular weight excluding hydrogens is 390 g/mol. The number of para-hydroxylation sites is 1. The van der Waals surface area contributed by atoms with Gasteiger partial charge in [-0.05, 0) is 48.6 Å². The first-order chi connectivity index (χ1) is 15.2. The minimum absolute atomic E-state index is 0.0357. The van der Waals surface area contributed by atoms with Gasteiger partial charge in [0.15, 0.2) is 5.69 Å². The van der Waals surface area contributed by atoms with Crippen LogP contribution in [0.4, 0.5) is 5.69 Å². The molecule has 0 bridgehead atoms. The lowest BCUT2D eigenvalue weighted by Gasteiger charge is -2.34. The number of carbonyl (C=O) groups excluding carboxylic acids is 2. The van der Waals surface area contributed by atoms with Crippen molar-refractivity contribution in [2.45, 2.75) is 25.7 Å². The SMILES string of the molecule is O=C(CCN1CCN(C(=O)c2n[nH]c3ccccc23)CC1)Nc1ccc2c(c1)CCC2. The predicted octanol–water partition coefficient (Wildman–Crippen LogP) is 2.84. The van der Waals surface area contributed by atoms with E-state index in [9.17, 15) is 9.59 Å². The number of carbonyl (C=O) groups is 2. The van der Waals surface area contributed by atoms with E-state index in [-0.39, 0.29) is 11.8 Å². The maximum atomic E-state index is 12.9. The molecule has 1 aliphatic carbocycles. The molecule has 0 spiro atoms. The summed E-state index contributed by atoms with van der Waals surface area (Å²) < 4.78 is 0. The van der Waals surface area contributed by atoms with Crippen molar-refractivity contribution in [1.82, 2.24) is 20.0 Å². The molecule has 2 aromatic carbocycles. The predicted molar refractivity (Wildman–Crippen MR) is 120 cm³/mol. The van der Waals surface area contributed by atoms with Crippen LogP contribution in [-0.4, -0.2) is 64.5 Å². The highest BCUT2D eigenvalue weighted by atomic mass is 16.2. The van der Waals surface area contributed by atoms with Crippen molar-refractivity contribution < 1.29 is 9.59 Å². The Morgan fingerprint density at radius 1 is 1.00 bits per heavy atom. The zero-order valence-electron chi connectivity index (χ0n) is 17.6. The Morgan fingerprint density at radius 2 is 1.81 bits per heavy atom. The van der Waals surface area contributed by atoms with E-state index in [2.05, 4.69) is 32.5 Å². The van der Waals surface area contributed by atoms with Crippen molar-refractivity contribution in [2.75, 3.05) is 38.0 Å². The van der Waals surface area contributed by atoms with Crippen molar-refractivity contribution >= 4 is 28.4 Å². The van der Waals surface area contributed by atoms with Crippen molar-refractivity contribution in [3.8, 4) is 0 Å². The van der Waals surface area contributed by atoms with E-state index in [1.165, 1.54) is 17.5 Å². The van der Waals surface area contributed by atoms with Gasteiger partial charge >= 0.3 is 0 Å². The Labute approximate surface area is 181 Å². The molecule has 7 heteroatoms. The number of nitrogens with one attached hydrogen (secondary N) is 2. The molecule has 5 rings (SSSR count). The molecule has 2 amide bonds. The van der Waals surface area contributed by atoms with Crippen LogP contribution in [0.3, 0.4) is 0 Å². The van der Waals surface area contributed by atoms with Crippen molar-refractivity contribution in [2.24, 2.45) is 0 Å². The van der Waals surface area contributed by atoms with E-state index in [0.29, 0.717) is 31.7 Å². The second kappa shape index (κ2) is 8.51. The number of hydrogen-bond donors (Lipinski definition) is 2. The fraction of sp³-hybridized carbons (Fsp3) is 0.375. The Bertz CT molecular complexity index is 1110. The van der Waals surface area contributed by atoms with Gasteiger partial charge in [-0.15, -0.1) is 0 Å². The third-order valence-electron chi connectivity index (χ3n) is 6.37. The third-order valence-corrected chi connectivity index (χ3v) is 6.37. The number of H-pyrrole nitrogens is 1. The van der Waals surface area contributed by atoms with Gasteiger partial charge in [0.25, 0.3) is 5.91 Å². The number of aromatic nitrogens is 2. The van der Waals surface area contributed by atoms with Gasteiger partial charge in [0, 0.05) is 50.2 Å². The van der Waals surface area contributed by atoms with Crippen LogP contribution in [0.1, 0.15) is 34.5 Å². The molecule has 0 saturated carbocycles. The zero-order valence-corrected chi connectivity index (χ0v) is 17.6. The highest BCUT2D eigenvalue weighted by Crippen LogP contribution is 2.25. The fourth-order valence-electron chi connectivity index (χ4n) is 4.58. The molecule has 160 valence electrons. The van der Waals surface area contributed by atoms with E-state index in [1.807, 2.05) is 35.2 Å². The zero-order chi connectivity index (χ0) is 21.2. The summed E-state index contributed by atoms with van der Waals surface area (Å²) in [5, 5.41) is 11.0. The number of aryl methyl sites for hydroxylation is 2. The summed E-state index contributed by atoms with van der Waals surface area (Å²) in [5.41, 5.74) is 5.03. The minimum atomic E-state index is -0.0357. The number of amides is 2. The second-order valence-corrected chi connectivity index (χ2v) is 8.39. The summed E-state index contributed by atoms with van der Waals surface area (Å²) in [6.07, 6.45) is 3.91. The maximum absolute atomic E-state index is 12.9. The average molecular weight is 418 g/mol. The third kappa shape index (κ3) is 4.18. The average Bonchev–Trinajstić information content (AvgIpc) is 3.44. The molecule has 0 unspecified atom stereocenters. The highest BCUT2D eigenvalue weighted by molar-refractivity contribution is 6.04. The van der Waals surface area contributed by atoms with Crippen LogP contribution in [0.2, 0.25) is 0 Å². The largest absolute Gasteiger partial charge is 0.335 e. The molecule has 2 aliphatic rings. The van der Waals surface area contributed by atoms with Gasteiger partial charge in [0.2, 0.25) is 5.91 Å². The van der Waals surface area contributed by atoms with Crippen LogP contribution in [0.5, 0.6) is 0 Å². The summed E-state index contributed by atoms with van der Waals surface area (Å²) in [6.45, 7) is 3.52. The lowest BCUT2D eigenvalue weighted by Crippen LogP contribution is -2.49. The van der Waals surface area contributed by atoms with Gasteiger partial charge in [0.05, 0.1) is 5.52 Å². The van der Waals surface area contributed by atoms with Crippen LogP contribution in [0.15, 0.2) is 42.5 Å². The molecular formula is C24H27N5O2. The molecule has 1 aliphatic heterocycles. The van der Waals surface area contributed by atoms with Crippen LogP contribution in [0.25, 0.3) is 10.9 Å². The van der Waals surface area contributed by atoms with Crippen LogP contribution in [0, 0.1) is 0 Å². The van der Waals surface area contributed by atoms with E-state index >= 15 is 0 Å². The molecule has 2 heterocycles. The van der Waals surface area contributed by atoms with Crippen molar-refractivity contribution in [1.29, 1.82) is 0 Å². The van der Waals surface area contributed by atoms with Crippen molar-refractivity contribution in [3.63, 3.8) is 0 Å². The normalized spacial score (nSPS) is 16.5. The highest BCUT2D eigenvalue weighted by Gasteiger charge is 2.25. The quantitative estimate of drug-likeness (QED) is 0.669. The number of rotatable bonds is 5. The Kier molecular flexibility index (Phi) is 5.42. The van der Waals surface area contributed by atoms with E-state index in [4.69, 9.17) is 0 Å². The summed E-state index contributed by atoms with van der Waals surface area (Å²) in [7, 11) is 0. The second-order valence-electron chi connectivity index (χ2n) is 8.39. The van der Waals surface area contributed by atoms with Crippen LogP contribution >= 0.6 is 0 Å². The number of fused-ring (bicyclic) bond motifs is 2. The first-order valence-electron chi connectivity index (χ1n) is 11.0. The molecule has 7 nitrogen and oxygen atoms in total. The number of hydrogen-bond acceptors (Lipinski definition) is 4. The van der Waals surface area contributed by atoms with Crippen molar-refractivity contribution in [3.05, 3.63) is 59.3 Å². The molecule has 0 atom stereocenters. The lowest BCUT2D eigenvalue weighted by molar-refractivity contribution is -0.116. The summed E-state index contributed by atoms with van der Waals surface area (Å²) in [6, 6.07) is 13.9. The summed E-state index contributed by atoms with van der Waals surface area (Å²) in [5.74, 6) is 0.00546. The van der Waals surface area contributed by atoms with Gasteiger partial charge in [-0.1, -0.05) is 24.3 Å². The minimum Gasteiger partial charge on any atom is -0.335 e. The van der Waals surface area contributed by atoms with Gasteiger partial charge in [0.1, 0.15) is 0 Å². The lowest BCUT2D eigenvalue weighted by atomic mass is 10.1. The number of nitrogens with zero attached hydrogens (tertiary/aromatic N) is 3. The number of benzene rings is 2. The molecule has 2 N–H and O–H groups in total. The summed E-state index contributed by atoms with van der Waals surface area (Å²) >= 11 is 0. The van der Waals surface area contributed by atoms with E-state index in [1.54, 1.807) is 0 Å². The molecule has 0 radical (unpaired) electrons. The van der Waals surface area contributed by atoms with Crippen LogP contribution in [-0.2, 0) is 17.6 Å². The fourth-order valence-corrected chi connectivity index (χ4v) is 4.58. The monoisotopic (exact) mass is 417 g/mol. The number of aromatic amines is 1. The topological polar surface area (TPSA) is 81.3 Å². The summed E-state index contributed by atoms with van der Waals surface area (Å²) in [4.78, 5) is 29.4. The number of piperazine rings is 1. The molecule has 3 aromatic rings. The first kappa shape index (κ1) is 19.8. The molecule has 1 saturated heterocycles. The van der Waals surface area contributed by atoms with Crippen LogP contribution < -0.4 is 5.32 Å². The van der Waals surface area contributed by atoms with E-state index < -0.39 is 0 Å². The van der Waals surface area contributed by atoms with Gasteiger partial charge in [-0.3, -0.25) is 19.6 Å². The van der Waals surface area contributed by atoms with Gasteiger partial charge in [-0.2, -0.15) is 5.10 Å². The van der Waals surface area contributed by atoms with E-state index in [0.717, 1.165) is 42.5 Å².